The number of hydrogen-bond donors (Lipinski definition) is 1. The summed E-state index contributed by atoms with van der Waals surface area (Å²) >= 11 is 0. The van der Waals surface area contributed by atoms with E-state index in [0.29, 0.717) is 5.69 Å². The molecule has 19 heavy (non-hydrogen) atoms. The largest absolute Gasteiger partial charge is 0.478 e. The lowest BCUT2D eigenvalue weighted by atomic mass is 10.2. The van der Waals surface area contributed by atoms with Crippen LogP contribution in [0.1, 0.15) is 15.9 Å². The molecule has 1 N–H and O–H groups in total. The molecule has 0 aliphatic carbocycles. The molecule has 2 rings (SSSR count). The zero-order valence-corrected chi connectivity index (χ0v) is 11.3. The maximum atomic E-state index is 11.5. The van der Waals surface area contributed by atoms with Gasteiger partial charge in [0.1, 0.15) is 5.56 Å². The maximum Gasteiger partial charge on any atom is 0.340 e. The third-order valence-electron chi connectivity index (χ3n) is 2.46. The van der Waals surface area contributed by atoms with Gasteiger partial charge in [0.15, 0.2) is 5.03 Å². The van der Waals surface area contributed by atoms with Crippen molar-refractivity contribution in [2.75, 3.05) is 0 Å². The van der Waals surface area contributed by atoms with Crippen molar-refractivity contribution in [3.8, 4) is 5.69 Å². The summed E-state index contributed by atoms with van der Waals surface area (Å²) in [5.41, 5.74) is 0.928. The summed E-state index contributed by atoms with van der Waals surface area (Å²) in [6.07, 6.45) is 0.956. The predicted molar refractivity (Wildman–Crippen MR) is 68.3 cm³/mol. The molecule has 0 radical (unpaired) electrons. The highest BCUT2D eigenvalue weighted by atomic mass is 35.7. The van der Waals surface area contributed by atoms with Crippen molar-refractivity contribution in [3.05, 3.63) is 41.6 Å². The van der Waals surface area contributed by atoms with Crippen molar-refractivity contribution in [2.24, 2.45) is 0 Å². The highest BCUT2D eigenvalue weighted by Gasteiger charge is 2.27. The number of nitrogens with zero attached hydrogens (tertiary/aromatic N) is 2. The zero-order chi connectivity index (χ0) is 14.2. The number of aromatic nitrogens is 2. The number of aryl methyl sites for hydroxylation is 1. The molecule has 1 aromatic carbocycles. The Morgan fingerprint density at radius 3 is 2.37 bits per heavy atom. The maximum absolute atomic E-state index is 11.5. The second-order valence-corrected chi connectivity index (χ2v) is 6.33. The Labute approximate surface area is 113 Å². The molecule has 6 nitrogen and oxygen atoms in total. The van der Waals surface area contributed by atoms with Gasteiger partial charge in [0, 0.05) is 10.7 Å². The fourth-order valence-corrected chi connectivity index (χ4v) is 2.80. The van der Waals surface area contributed by atoms with Gasteiger partial charge < -0.3 is 5.11 Å². The molecular formula is C11H9ClN2O4S. The summed E-state index contributed by atoms with van der Waals surface area (Å²) in [7, 11) is 1.05. The number of aromatic carboxylic acids is 1. The Bertz CT molecular complexity index is 735. The van der Waals surface area contributed by atoms with E-state index in [1.807, 2.05) is 6.92 Å². The van der Waals surface area contributed by atoms with Crippen LogP contribution in [0, 0.1) is 6.92 Å². The number of hydrogen-bond acceptors (Lipinski definition) is 4. The van der Waals surface area contributed by atoms with Gasteiger partial charge in [-0.3, -0.25) is 0 Å². The highest BCUT2D eigenvalue weighted by molar-refractivity contribution is 8.13. The molecule has 1 heterocycles. The Morgan fingerprint density at radius 1 is 1.32 bits per heavy atom. The number of carbonyl (C=O) groups is 1. The first-order valence-electron chi connectivity index (χ1n) is 5.13. The van der Waals surface area contributed by atoms with Gasteiger partial charge in [0.05, 0.1) is 11.9 Å². The van der Waals surface area contributed by atoms with Crippen LogP contribution in [-0.2, 0) is 9.05 Å². The Balaban J connectivity index is 2.72. The van der Waals surface area contributed by atoms with Gasteiger partial charge in [-0.15, -0.1) is 0 Å². The molecule has 0 spiro atoms. The van der Waals surface area contributed by atoms with Gasteiger partial charge in [-0.2, -0.15) is 5.10 Å². The lowest BCUT2D eigenvalue weighted by Crippen LogP contribution is -2.09. The van der Waals surface area contributed by atoms with E-state index >= 15 is 0 Å². The number of benzene rings is 1. The first kappa shape index (κ1) is 13.6. The summed E-state index contributed by atoms with van der Waals surface area (Å²) in [6.45, 7) is 1.87. The molecule has 100 valence electrons. The summed E-state index contributed by atoms with van der Waals surface area (Å²) < 4.78 is 24.0. The minimum Gasteiger partial charge on any atom is -0.478 e. The molecule has 0 fully saturated rings. The summed E-state index contributed by atoms with van der Waals surface area (Å²) in [5, 5.41) is 12.2. The molecular weight excluding hydrogens is 292 g/mol. The van der Waals surface area contributed by atoms with Crippen LogP contribution in [0.15, 0.2) is 35.5 Å². The van der Waals surface area contributed by atoms with Crippen LogP contribution < -0.4 is 0 Å². The van der Waals surface area contributed by atoms with Crippen LogP contribution in [0.5, 0.6) is 0 Å². The van der Waals surface area contributed by atoms with E-state index in [0.717, 1.165) is 16.4 Å². The Morgan fingerprint density at radius 2 is 1.89 bits per heavy atom. The summed E-state index contributed by atoms with van der Waals surface area (Å²) in [4.78, 5) is 11.0. The van der Waals surface area contributed by atoms with E-state index in [9.17, 15) is 13.2 Å². The first-order chi connectivity index (χ1) is 8.80. The van der Waals surface area contributed by atoms with E-state index in [1.54, 1.807) is 24.3 Å². The SMILES string of the molecule is Cc1ccc(-n2ncc(C(=O)O)c2S(=O)(=O)Cl)cc1. The van der Waals surface area contributed by atoms with Crippen molar-refractivity contribution in [2.45, 2.75) is 11.9 Å². The van der Waals surface area contributed by atoms with E-state index < -0.39 is 25.6 Å². The van der Waals surface area contributed by atoms with Crippen LogP contribution in [0.3, 0.4) is 0 Å². The van der Waals surface area contributed by atoms with Crippen molar-refractivity contribution in [1.29, 1.82) is 0 Å². The van der Waals surface area contributed by atoms with Gasteiger partial charge in [0.25, 0.3) is 9.05 Å². The van der Waals surface area contributed by atoms with Gasteiger partial charge in [-0.05, 0) is 19.1 Å². The van der Waals surface area contributed by atoms with Crippen LogP contribution in [-0.4, -0.2) is 29.3 Å². The monoisotopic (exact) mass is 300 g/mol. The number of halogens is 1. The Hall–Kier alpha value is -1.86. The van der Waals surface area contributed by atoms with Crippen molar-refractivity contribution in [1.82, 2.24) is 9.78 Å². The predicted octanol–water partition coefficient (Wildman–Crippen LogP) is 1.81. The third kappa shape index (κ3) is 2.61. The van der Waals surface area contributed by atoms with Gasteiger partial charge in [-0.25, -0.2) is 17.9 Å². The second-order valence-electron chi connectivity index (χ2n) is 3.85. The lowest BCUT2D eigenvalue weighted by Gasteiger charge is -2.06. The molecule has 0 atom stereocenters. The van der Waals surface area contributed by atoms with Crippen molar-refractivity contribution >= 4 is 25.7 Å². The van der Waals surface area contributed by atoms with Crippen LogP contribution in [0.25, 0.3) is 5.69 Å². The smallest absolute Gasteiger partial charge is 0.340 e. The van der Waals surface area contributed by atoms with Crippen molar-refractivity contribution in [3.63, 3.8) is 0 Å². The molecule has 2 aromatic rings. The highest BCUT2D eigenvalue weighted by Crippen LogP contribution is 2.23. The fraction of sp³-hybridized carbons (Fsp3) is 0.0909. The molecule has 8 heteroatoms. The average Bonchev–Trinajstić information content (AvgIpc) is 2.74. The summed E-state index contributed by atoms with van der Waals surface area (Å²) in [6, 6.07) is 6.75. The lowest BCUT2D eigenvalue weighted by molar-refractivity contribution is 0.0692. The van der Waals surface area contributed by atoms with E-state index in [1.165, 1.54) is 0 Å². The summed E-state index contributed by atoms with van der Waals surface area (Å²) in [5.74, 6) is -1.41. The molecule has 0 amide bonds. The normalized spacial score (nSPS) is 11.5. The number of carboxylic acid groups (broad SMARTS) is 1. The van der Waals surface area contributed by atoms with E-state index in [4.69, 9.17) is 15.8 Å². The second kappa shape index (κ2) is 4.67. The van der Waals surface area contributed by atoms with E-state index in [-0.39, 0.29) is 0 Å². The average molecular weight is 301 g/mol. The minimum absolute atomic E-state index is 0.414. The molecule has 0 unspecified atom stereocenters. The molecule has 0 saturated heterocycles. The molecule has 0 aliphatic heterocycles. The topological polar surface area (TPSA) is 89.3 Å². The van der Waals surface area contributed by atoms with Gasteiger partial charge >= 0.3 is 5.97 Å². The minimum atomic E-state index is -4.23. The number of carboxylic acids is 1. The molecule has 0 aliphatic rings. The molecule has 0 bridgehead atoms. The van der Waals surface area contributed by atoms with Crippen LogP contribution in [0.2, 0.25) is 0 Å². The first-order valence-corrected chi connectivity index (χ1v) is 7.44. The molecule has 1 aromatic heterocycles. The zero-order valence-electron chi connectivity index (χ0n) is 9.74. The van der Waals surface area contributed by atoms with Gasteiger partial charge in [0.2, 0.25) is 0 Å². The molecule has 0 saturated carbocycles. The number of rotatable bonds is 3. The van der Waals surface area contributed by atoms with Gasteiger partial charge in [-0.1, -0.05) is 17.7 Å². The van der Waals surface area contributed by atoms with Crippen LogP contribution >= 0.6 is 10.7 Å². The van der Waals surface area contributed by atoms with Crippen molar-refractivity contribution < 1.29 is 18.3 Å². The quantitative estimate of drug-likeness (QED) is 0.873. The van der Waals surface area contributed by atoms with Crippen LogP contribution in [0.4, 0.5) is 0 Å². The Kier molecular flexibility index (Phi) is 3.34. The third-order valence-corrected chi connectivity index (χ3v) is 3.76. The fourth-order valence-electron chi connectivity index (χ4n) is 1.59. The van der Waals surface area contributed by atoms with E-state index in [2.05, 4.69) is 5.10 Å². The standard InChI is InChI=1S/C11H9ClN2O4S/c1-7-2-4-8(5-3-7)14-10(19(12,17)18)9(6-13-14)11(15)16/h2-6H,1H3,(H,15,16).